The van der Waals surface area contributed by atoms with Gasteiger partial charge in [0.25, 0.3) is 0 Å². The van der Waals surface area contributed by atoms with E-state index in [1.807, 2.05) is 37.2 Å². The molecule has 0 aliphatic carbocycles. The van der Waals surface area contributed by atoms with Gasteiger partial charge in [-0.25, -0.2) is 14.5 Å². The van der Waals surface area contributed by atoms with Gasteiger partial charge in [-0.3, -0.25) is 0 Å². The van der Waals surface area contributed by atoms with Crippen molar-refractivity contribution < 1.29 is 0 Å². The van der Waals surface area contributed by atoms with Crippen molar-refractivity contribution in [2.45, 2.75) is 39.9 Å². The SMILES string of the molecule is CC(C)(C)C(Cn1ccnc1)NCc1cnc2ccnn2c1. The molecule has 116 valence electrons. The summed E-state index contributed by atoms with van der Waals surface area (Å²) in [5, 5.41) is 7.87. The van der Waals surface area contributed by atoms with Crippen molar-refractivity contribution in [3.63, 3.8) is 0 Å². The molecule has 0 radical (unpaired) electrons. The largest absolute Gasteiger partial charge is 0.336 e. The van der Waals surface area contributed by atoms with Gasteiger partial charge >= 0.3 is 0 Å². The highest BCUT2D eigenvalue weighted by Gasteiger charge is 2.24. The normalized spacial score (nSPS) is 13.6. The summed E-state index contributed by atoms with van der Waals surface area (Å²) in [6, 6.07) is 2.23. The summed E-state index contributed by atoms with van der Waals surface area (Å²) in [5.74, 6) is 0. The molecule has 3 aromatic heterocycles. The Morgan fingerprint density at radius 3 is 2.86 bits per heavy atom. The predicted molar refractivity (Wildman–Crippen MR) is 85.3 cm³/mol. The highest BCUT2D eigenvalue weighted by molar-refractivity contribution is 5.35. The molecule has 0 aliphatic heterocycles. The van der Waals surface area contributed by atoms with Gasteiger partial charge < -0.3 is 9.88 Å². The summed E-state index contributed by atoms with van der Waals surface area (Å²) < 4.78 is 3.91. The Bertz CT molecular complexity index is 723. The van der Waals surface area contributed by atoms with E-state index in [9.17, 15) is 0 Å². The van der Waals surface area contributed by atoms with Crippen LogP contribution < -0.4 is 5.32 Å². The van der Waals surface area contributed by atoms with Gasteiger partial charge in [0.2, 0.25) is 0 Å². The summed E-state index contributed by atoms with van der Waals surface area (Å²) in [6.45, 7) is 8.39. The Balaban J connectivity index is 1.70. The fraction of sp³-hybridized carbons (Fsp3) is 0.438. The van der Waals surface area contributed by atoms with Gasteiger partial charge in [-0.1, -0.05) is 20.8 Å². The van der Waals surface area contributed by atoms with E-state index in [1.54, 1.807) is 10.7 Å². The Kier molecular flexibility index (Phi) is 3.94. The lowest BCUT2D eigenvalue weighted by Crippen LogP contribution is -2.43. The minimum atomic E-state index is 0.146. The van der Waals surface area contributed by atoms with Crippen LogP contribution in [-0.2, 0) is 13.1 Å². The zero-order valence-electron chi connectivity index (χ0n) is 13.3. The molecule has 0 bridgehead atoms. The number of aromatic nitrogens is 5. The molecule has 6 heteroatoms. The Labute approximate surface area is 130 Å². The van der Waals surface area contributed by atoms with Crippen LogP contribution in [-0.4, -0.2) is 30.2 Å². The van der Waals surface area contributed by atoms with E-state index in [4.69, 9.17) is 0 Å². The molecule has 1 N–H and O–H groups in total. The third-order valence-electron chi connectivity index (χ3n) is 3.85. The van der Waals surface area contributed by atoms with E-state index in [-0.39, 0.29) is 5.41 Å². The Morgan fingerprint density at radius 2 is 2.14 bits per heavy atom. The summed E-state index contributed by atoms with van der Waals surface area (Å²) in [6.07, 6.45) is 11.4. The Morgan fingerprint density at radius 1 is 1.27 bits per heavy atom. The molecule has 0 saturated carbocycles. The van der Waals surface area contributed by atoms with Gasteiger partial charge in [0.15, 0.2) is 5.65 Å². The fourth-order valence-corrected chi connectivity index (χ4v) is 2.43. The third-order valence-corrected chi connectivity index (χ3v) is 3.85. The second kappa shape index (κ2) is 5.88. The van der Waals surface area contributed by atoms with E-state index in [2.05, 4.69) is 45.7 Å². The van der Waals surface area contributed by atoms with E-state index in [0.29, 0.717) is 6.04 Å². The molecule has 1 atom stereocenters. The number of imidazole rings is 1. The number of nitrogens with one attached hydrogen (secondary N) is 1. The molecule has 0 fully saturated rings. The number of hydrogen-bond donors (Lipinski definition) is 1. The molecule has 0 amide bonds. The fourth-order valence-electron chi connectivity index (χ4n) is 2.43. The first-order valence-corrected chi connectivity index (χ1v) is 7.50. The van der Waals surface area contributed by atoms with Crippen LogP contribution >= 0.6 is 0 Å². The van der Waals surface area contributed by atoms with Crippen molar-refractivity contribution in [2.24, 2.45) is 5.41 Å². The first-order chi connectivity index (χ1) is 10.5. The number of rotatable bonds is 5. The van der Waals surface area contributed by atoms with Gasteiger partial charge in [-0.15, -0.1) is 0 Å². The monoisotopic (exact) mass is 298 g/mol. The molecule has 3 heterocycles. The molecular formula is C16H22N6. The number of hydrogen-bond acceptors (Lipinski definition) is 4. The van der Waals surface area contributed by atoms with Crippen molar-refractivity contribution in [3.8, 4) is 0 Å². The smallest absolute Gasteiger partial charge is 0.154 e. The van der Waals surface area contributed by atoms with Crippen LogP contribution in [0.25, 0.3) is 5.65 Å². The van der Waals surface area contributed by atoms with Gasteiger partial charge in [-0.05, 0) is 5.41 Å². The second-order valence-corrected chi connectivity index (χ2v) is 6.66. The molecule has 0 aromatic carbocycles. The average molecular weight is 298 g/mol. The molecular weight excluding hydrogens is 276 g/mol. The van der Waals surface area contributed by atoms with Crippen molar-refractivity contribution in [1.82, 2.24) is 29.5 Å². The lowest BCUT2D eigenvalue weighted by atomic mass is 9.86. The van der Waals surface area contributed by atoms with Crippen LogP contribution in [0.3, 0.4) is 0 Å². The van der Waals surface area contributed by atoms with Crippen LogP contribution in [0.1, 0.15) is 26.3 Å². The van der Waals surface area contributed by atoms with Crippen LogP contribution in [0.4, 0.5) is 0 Å². The van der Waals surface area contributed by atoms with Crippen molar-refractivity contribution in [3.05, 3.63) is 48.9 Å². The van der Waals surface area contributed by atoms with Gasteiger partial charge in [-0.2, -0.15) is 5.10 Å². The lowest BCUT2D eigenvalue weighted by molar-refractivity contribution is 0.240. The molecule has 6 nitrogen and oxygen atoms in total. The van der Waals surface area contributed by atoms with Gasteiger partial charge in [0.05, 0.1) is 12.5 Å². The summed E-state index contributed by atoms with van der Waals surface area (Å²) in [4.78, 5) is 8.52. The third kappa shape index (κ3) is 3.33. The summed E-state index contributed by atoms with van der Waals surface area (Å²) in [5.41, 5.74) is 2.14. The first-order valence-electron chi connectivity index (χ1n) is 7.50. The topological polar surface area (TPSA) is 60.0 Å². The first kappa shape index (κ1) is 14.7. The minimum Gasteiger partial charge on any atom is -0.336 e. The zero-order valence-corrected chi connectivity index (χ0v) is 13.3. The maximum absolute atomic E-state index is 4.40. The number of fused-ring (bicyclic) bond motifs is 1. The van der Waals surface area contributed by atoms with Crippen LogP contribution in [0.15, 0.2) is 43.4 Å². The maximum atomic E-state index is 4.40. The van der Waals surface area contributed by atoms with E-state index >= 15 is 0 Å². The molecule has 3 rings (SSSR count). The summed E-state index contributed by atoms with van der Waals surface area (Å²) >= 11 is 0. The Hall–Kier alpha value is -2.21. The van der Waals surface area contributed by atoms with E-state index < -0.39 is 0 Å². The van der Waals surface area contributed by atoms with E-state index in [0.717, 1.165) is 24.3 Å². The van der Waals surface area contributed by atoms with Crippen LogP contribution in [0.2, 0.25) is 0 Å². The summed E-state index contributed by atoms with van der Waals surface area (Å²) in [7, 11) is 0. The minimum absolute atomic E-state index is 0.146. The number of nitrogens with zero attached hydrogens (tertiary/aromatic N) is 5. The highest BCUT2D eigenvalue weighted by Crippen LogP contribution is 2.21. The standard InChI is InChI=1S/C16H22N6/c1-16(2,3)14(11-21-7-6-17-12-21)18-8-13-9-19-15-4-5-20-22(15)10-13/h4-7,9-10,12,14,18H,8,11H2,1-3H3. The zero-order chi connectivity index (χ0) is 15.6. The molecule has 3 aromatic rings. The van der Waals surface area contributed by atoms with Crippen molar-refractivity contribution in [1.29, 1.82) is 0 Å². The molecule has 0 aliphatic rings. The molecule has 0 spiro atoms. The molecule has 1 unspecified atom stereocenters. The second-order valence-electron chi connectivity index (χ2n) is 6.66. The van der Waals surface area contributed by atoms with Gasteiger partial charge in [0, 0.05) is 55.5 Å². The molecule has 22 heavy (non-hydrogen) atoms. The van der Waals surface area contributed by atoms with Gasteiger partial charge in [0.1, 0.15) is 0 Å². The average Bonchev–Trinajstić information content (AvgIpc) is 3.12. The predicted octanol–water partition coefficient (Wildman–Crippen LogP) is 2.13. The maximum Gasteiger partial charge on any atom is 0.154 e. The van der Waals surface area contributed by atoms with Crippen molar-refractivity contribution in [2.75, 3.05) is 0 Å². The van der Waals surface area contributed by atoms with Crippen molar-refractivity contribution >= 4 is 5.65 Å². The quantitative estimate of drug-likeness (QED) is 0.784. The van der Waals surface area contributed by atoms with Crippen LogP contribution in [0, 0.1) is 5.41 Å². The molecule has 0 saturated heterocycles. The van der Waals surface area contributed by atoms with Crippen LogP contribution in [0.5, 0.6) is 0 Å². The highest BCUT2D eigenvalue weighted by atomic mass is 15.2. The lowest BCUT2D eigenvalue weighted by Gasteiger charge is -2.32. The van der Waals surface area contributed by atoms with E-state index in [1.165, 1.54) is 0 Å².